The second-order valence-corrected chi connectivity index (χ2v) is 11.0. The summed E-state index contributed by atoms with van der Waals surface area (Å²) in [5.74, 6) is 3.00. The summed E-state index contributed by atoms with van der Waals surface area (Å²) in [6, 6.07) is 16.8. The molecule has 1 amide bonds. The van der Waals surface area contributed by atoms with Gasteiger partial charge in [0.1, 0.15) is 11.6 Å². The summed E-state index contributed by atoms with van der Waals surface area (Å²) in [6.45, 7) is 12.7. The molecular formula is C31H39N5O. The van der Waals surface area contributed by atoms with Gasteiger partial charge in [-0.05, 0) is 28.9 Å². The Morgan fingerprint density at radius 3 is 1.76 bits per heavy atom. The molecule has 0 aliphatic carbocycles. The third-order valence-corrected chi connectivity index (χ3v) is 6.40. The number of amides is 1. The molecule has 0 saturated heterocycles. The van der Waals surface area contributed by atoms with E-state index >= 15 is 0 Å². The molecule has 0 aliphatic heterocycles. The number of aromatic amines is 2. The van der Waals surface area contributed by atoms with Crippen LogP contribution in [0.4, 0.5) is 0 Å². The highest BCUT2D eigenvalue weighted by atomic mass is 16.1. The van der Waals surface area contributed by atoms with Gasteiger partial charge < -0.3 is 15.3 Å². The van der Waals surface area contributed by atoms with Crippen molar-refractivity contribution in [3.63, 3.8) is 0 Å². The summed E-state index contributed by atoms with van der Waals surface area (Å²) < 4.78 is 0. The lowest BCUT2D eigenvalue weighted by molar-refractivity contribution is -0.122. The molecule has 0 fully saturated rings. The third kappa shape index (κ3) is 6.76. The summed E-state index contributed by atoms with van der Waals surface area (Å²) in [5.41, 5.74) is 6.30. The van der Waals surface area contributed by atoms with E-state index in [9.17, 15) is 4.79 Å². The normalized spacial score (nSPS) is 12.5. The number of aromatic nitrogens is 4. The average Bonchev–Trinajstić information content (AvgIpc) is 3.52. The number of rotatable bonds is 10. The quantitative estimate of drug-likeness (QED) is 0.217. The monoisotopic (exact) mass is 497 g/mol. The second-order valence-electron chi connectivity index (χ2n) is 11.0. The molecule has 0 saturated carbocycles. The van der Waals surface area contributed by atoms with Crippen LogP contribution in [0.25, 0.3) is 33.6 Å². The zero-order valence-electron chi connectivity index (χ0n) is 22.8. The van der Waals surface area contributed by atoms with Crippen molar-refractivity contribution >= 4 is 5.91 Å². The summed E-state index contributed by atoms with van der Waals surface area (Å²) in [7, 11) is 0. The average molecular weight is 498 g/mol. The Bertz CT molecular complexity index is 1300. The number of imidazole rings is 2. The summed E-state index contributed by atoms with van der Waals surface area (Å²) in [4.78, 5) is 28.5. The van der Waals surface area contributed by atoms with E-state index in [1.807, 2.05) is 12.4 Å². The van der Waals surface area contributed by atoms with Crippen LogP contribution in [-0.2, 0) is 11.2 Å². The van der Waals surface area contributed by atoms with Crippen LogP contribution in [0.2, 0.25) is 0 Å². The Hall–Kier alpha value is -3.67. The standard InChI is InChI=1S/C31H39N5O/c1-19(2)15-28-32-17-26(34-28)24-11-7-22(8-12-24)23-9-13-25(14-10-23)27-18-33-31(35-27)30(21(5)6)36-29(37)16-20(3)4/h7-14,17-21,30H,15-16H2,1-6H3,(H,32,34)(H,33,35)(H,36,37)/t30-/m1/s1. The number of H-pyrrole nitrogens is 2. The molecule has 0 bridgehead atoms. The molecule has 2 aromatic carbocycles. The van der Waals surface area contributed by atoms with Crippen molar-refractivity contribution in [3.05, 3.63) is 72.6 Å². The zero-order chi connectivity index (χ0) is 26.5. The van der Waals surface area contributed by atoms with E-state index in [4.69, 9.17) is 9.97 Å². The molecular weight excluding hydrogens is 458 g/mol. The van der Waals surface area contributed by atoms with E-state index in [1.54, 1.807) is 0 Å². The van der Waals surface area contributed by atoms with Gasteiger partial charge in [-0.1, -0.05) is 90.1 Å². The fourth-order valence-electron chi connectivity index (χ4n) is 4.47. The molecule has 37 heavy (non-hydrogen) atoms. The van der Waals surface area contributed by atoms with Gasteiger partial charge in [-0.25, -0.2) is 9.97 Å². The van der Waals surface area contributed by atoms with Gasteiger partial charge in [-0.15, -0.1) is 0 Å². The van der Waals surface area contributed by atoms with Crippen LogP contribution in [-0.4, -0.2) is 25.8 Å². The Kier molecular flexibility index (Phi) is 8.27. The van der Waals surface area contributed by atoms with Crippen molar-refractivity contribution < 1.29 is 4.79 Å². The lowest BCUT2D eigenvalue weighted by Crippen LogP contribution is -2.33. The number of nitrogens with one attached hydrogen (secondary N) is 3. The zero-order valence-corrected chi connectivity index (χ0v) is 22.8. The number of hydrogen-bond acceptors (Lipinski definition) is 3. The predicted octanol–water partition coefficient (Wildman–Crippen LogP) is 7.19. The maximum Gasteiger partial charge on any atom is 0.220 e. The van der Waals surface area contributed by atoms with E-state index in [0.717, 1.165) is 51.7 Å². The van der Waals surface area contributed by atoms with Crippen molar-refractivity contribution in [1.82, 2.24) is 25.3 Å². The number of nitrogens with zero attached hydrogens (tertiary/aromatic N) is 2. The lowest BCUT2D eigenvalue weighted by atomic mass is 10.0. The van der Waals surface area contributed by atoms with Gasteiger partial charge in [0, 0.05) is 36.4 Å². The van der Waals surface area contributed by atoms with Crippen LogP contribution >= 0.6 is 0 Å². The maximum atomic E-state index is 12.4. The first-order valence-corrected chi connectivity index (χ1v) is 13.3. The Balaban J connectivity index is 1.45. The Morgan fingerprint density at radius 2 is 1.24 bits per heavy atom. The van der Waals surface area contributed by atoms with E-state index < -0.39 is 0 Å². The van der Waals surface area contributed by atoms with Crippen molar-refractivity contribution in [2.75, 3.05) is 0 Å². The van der Waals surface area contributed by atoms with E-state index in [-0.39, 0.29) is 17.9 Å². The smallest absolute Gasteiger partial charge is 0.220 e. The van der Waals surface area contributed by atoms with Crippen molar-refractivity contribution in [2.45, 2.75) is 60.4 Å². The van der Waals surface area contributed by atoms with Crippen molar-refractivity contribution in [2.24, 2.45) is 17.8 Å². The molecule has 0 spiro atoms. The highest BCUT2D eigenvalue weighted by molar-refractivity contribution is 5.76. The first kappa shape index (κ1) is 26.4. The summed E-state index contributed by atoms with van der Waals surface area (Å²) in [5, 5.41) is 3.15. The molecule has 6 heteroatoms. The van der Waals surface area contributed by atoms with Crippen LogP contribution in [0.5, 0.6) is 0 Å². The highest BCUT2D eigenvalue weighted by Gasteiger charge is 2.22. The van der Waals surface area contributed by atoms with Gasteiger partial charge in [-0.3, -0.25) is 4.79 Å². The van der Waals surface area contributed by atoms with Crippen LogP contribution in [0.3, 0.4) is 0 Å². The maximum absolute atomic E-state index is 12.4. The Morgan fingerprint density at radius 1 is 0.730 bits per heavy atom. The lowest BCUT2D eigenvalue weighted by Gasteiger charge is -2.21. The van der Waals surface area contributed by atoms with Crippen molar-refractivity contribution in [3.8, 4) is 33.6 Å². The van der Waals surface area contributed by atoms with Gasteiger partial charge in [0.2, 0.25) is 5.91 Å². The predicted molar refractivity (Wildman–Crippen MR) is 151 cm³/mol. The molecule has 3 N–H and O–H groups in total. The third-order valence-electron chi connectivity index (χ3n) is 6.40. The molecule has 2 aromatic heterocycles. The minimum Gasteiger partial charge on any atom is -0.348 e. The van der Waals surface area contributed by atoms with Gasteiger partial charge in [0.15, 0.2) is 0 Å². The molecule has 0 aliphatic rings. The number of hydrogen-bond donors (Lipinski definition) is 3. The largest absolute Gasteiger partial charge is 0.348 e. The molecule has 0 unspecified atom stereocenters. The fourth-order valence-corrected chi connectivity index (χ4v) is 4.47. The van der Waals surface area contributed by atoms with Gasteiger partial charge >= 0.3 is 0 Å². The minimum atomic E-state index is -0.145. The molecule has 194 valence electrons. The summed E-state index contributed by atoms with van der Waals surface area (Å²) in [6.07, 6.45) is 5.37. The molecule has 0 radical (unpaired) electrons. The first-order chi connectivity index (χ1) is 17.7. The minimum absolute atomic E-state index is 0.0605. The van der Waals surface area contributed by atoms with Gasteiger partial charge in [0.05, 0.1) is 17.4 Å². The van der Waals surface area contributed by atoms with Crippen LogP contribution in [0.15, 0.2) is 60.9 Å². The number of benzene rings is 2. The molecule has 2 heterocycles. The highest BCUT2D eigenvalue weighted by Crippen LogP contribution is 2.28. The number of carbonyl (C=O) groups is 1. The topological polar surface area (TPSA) is 86.5 Å². The molecule has 6 nitrogen and oxygen atoms in total. The van der Waals surface area contributed by atoms with E-state index in [0.29, 0.717) is 18.3 Å². The summed E-state index contributed by atoms with van der Waals surface area (Å²) >= 11 is 0. The molecule has 1 atom stereocenters. The van der Waals surface area contributed by atoms with Crippen LogP contribution in [0, 0.1) is 17.8 Å². The SMILES string of the molecule is CC(C)CC(=O)N[C@@H](c1nc(-c2ccc(-c3ccc(-c4c[nH]c(CC(C)C)n4)cc3)cc2)c[nH]1)C(C)C. The second kappa shape index (κ2) is 11.6. The number of carbonyl (C=O) groups excluding carboxylic acids is 1. The van der Waals surface area contributed by atoms with E-state index in [2.05, 4.69) is 105 Å². The first-order valence-electron chi connectivity index (χ1n) is 13.3. The van der Waals surface area contributed by atoms with Gasteiger partial charge in [0.25, 0.3) is 0 Å². The molecule has 4 aromatic rings. The Labute approximate surface area is 220 Å². The van der Waals surface area contributed by atoms with Crippen LogP contribution in [0.1, 0.15) is 65.7 Å². The van der Waals surface area contributed by atoms with E-state index in [1.165, 1.54) is 0 Å². The van der Waals surface area contributed by atoms with Gasteiger partial charge in [-0.2, -0.15) is 0 Å². The molecule has 4 rings (SSSR count). The fraction of sp³-hybridized carbons (Fsp3) is 0.387. The van der Waals surface area contributed by atoms with Crippen LogP contribution < -0.4 is 5.32 Å². The van der Waals surface area contributed by atoms with Crippen molar-refractivity contribution in [1.29, 1.82) is 0 Å².